The normalized spacial score (nSPS) is 27.0. The highest BCUT2D eigenvalue weighted by Crippen LogP contribution is 2.45. The van der Waals surface area contributed by atoms with Crippen molar-refractivity contribution in [2.24, 2.45) is 16.6 Å². The van der Waals surface area contributed by atoms with E-state index in [0.717, 1.165) is 6.07 Å². The Bertz CT molecular complexity index is 1040. The molecular formula is C21H23F2N5O4. The summed E-state index contributed by atoms with van der Waals surface area (Å²) in [6.07, 6.45) is 2.43. The minimum absolute atomic E-state index is 0.0277. The molecule has 170 valence electrons. The van der Waals surface area contributed by atoms with Crippen molar-refractivity contribution in [1.82, 2.24) is 9.97 Å². The lowest BCUT2D eigenvalue weighted by Crippen LogP contribution is -2.55. The van der Waals surface area contributed by atoms with Gasteiger partial charge in [0.25, 0.3) is 11.9 Å². The maximum atomic E-state index is 15.0. The number of hydrogen-bond donors (Lipinski definition) is 2. The van der Waals surface area contributed by atoms with Gasteiger partial charge in [-0.3, -0.25) is 4.79 Å². The summed E-state index contributed by atoms with van der Waals surface area (Å²) in [7, 11) is 1.43. The number of nitrogens with two attached hydrogens (primary N) is 1. The number of fused-ring (bicyclic) bond motifs is 1. The van der Waals surface area contributed by atoms with Crippen molar-refractivity contribution < 1.29 is 27.8 Å². The molecule has 2 aliphatic rings. The minimum Gasteiger partial charge on any atom is -0.480 e. The predicted molar refractivity (Wildman–Crippen MR) is 111 cm³/mol. The van der Waals surface area contributed by atoms with E-state index in [4.69, 9.17) is 19.9 Å². The quantitative estimate of drug-likeness (QED) is 0.721. The number of ether oxygens (including phenoxy) is 3. The molecule has 0 spiro atoms. The summed E-state index contributed by atoms with van der Waals surface area (Å²) in [5.74, 6) is -1.59. The number of carbonyl (C=O) groups excluding carboxylic acids is 1. The molecule has 1 amide bonds. The van der Waals surface area contributed by atoms with Gasteiger partial charge >= 0.3 is 0 Å². The van der Waals surface area contributed by atoms with Crippen molar-refractivity contribution in [2.45, 2.75) is 31.1 Å². The van der Waals surface area contributed by atoms with Crippen LogP contribution in [0, 0.1) is 11.7 Å². The van der Waals surface area contributed by atoms with Crippen molar-refractivity contribution >= 4 is 17.6 Å². The Morgan fingerprint density at radius 1 is 1.38 bits per heavy atom. The van der Waals surface area contributed by atoms with Gasteiger partial charge in [-0.05, 0) is 25.1 Å². The summed E-state index contributed by atoms with van der Waals surface area (Å²) in [5.41, 5.74) is 4.43. The van der Waals surface area contributed by atoms with E-state index in [2.05, 4.69) is 20.3 Å². The second-order valence-electron chi connectivity index (χ2n) is 7.74. The molecule has 2 aromatic rings. The van der Waals surface area contributed by atoms with Gasteiger partial charge in [0, 0.05) is 17.7 Å². The lowest BCUT2D eigenvalue weighted by Gasteiger charge is -2.46. The molecule has 1 fully saturated rings. The predicted octanol–water partition coefficient (Wildman–Crippen LogP) is 2.18. The van der Waals surface area contributed by atoms with Crippen LogP contribution in [0.4, 0.5) is 14.5 Å². The molecule has 1 aromatic carbocycles. The highest BCUT2D eigenvalue weighted by molar-refractivity contribution is 6.02. The Balaban J connectivity index is 1.67. The number of amidine groups is 1. The number of nitrogens with zero attached hydrogens (tertiary/aromatic N) is 3. The van der Waals surface area contributed by atoms with Crippen LogP contribution in [0.1, 0.15) is 29.4 Å². The van der Waals surface area contributed by atoms with E-state index in [9.17, 15) is 13.6 Å². The molecule has 1 aromatic heterocycles. The number of halogens is 2. The van der Waals surface area contributed by atoms with Crippen LogP contribution < -0.4 is 15.8 Å². The van der Waals surface area contributed by atoms with E-state index in [-0.39, 0.29) is 41.6 Å². The highest BCUT2D eigenvalue weighted by atomic mass is 19.1. The van der Waals surface area contributed by atoms with Gasteiger partial charge in [0.05, 0.1) is 38.1 Å². The van der Waals surface area contributed by atoms with E-state index in [0.29, 0.717) is 6.42 Å². The van der Waals surface area contributed by atoms with Crippen LogP contribution in [-0.2, 0) is 15.0 Å². The first-order chi connectivity index (χ1) is 15.4. The van der Waals surface area contributed by atoms with Crippen LogP contribution in [0.25, 0.3) is 0 Å². The number of aromatic nitrogens is 2. The van der Waals surface area contributed by atoms with E-state index in [1.165, 1.54) is 31.6 Å². The van der Waals surface area contributed by atoms with Crippen LogP contribution >= 0.6 is 0 Å². The molecule has 4 atom stereocenters. The lowest BCUT2D eigenvalue weighted by molar-refractivity contribution is -0.109. The second-order valence-corrected chi connectivity index (χ2v) is 7.74. The Labute approximate surface area is 183 Å². The van der Waals surface area contributed by atoms with Crippen molar-refractivity contribution in [1.29, 1.82) is 0 Å². The van der Waals surface area contributed by atoms with Gasteiger partial charge in [-0.25, -0.2) is 23.7 Å². The molecule has 11 heteroatoms. The van der Waals surface area contributed by atoms with Crippen molar-refractivity contribution in [3.63, 3.8) is 0 Å². The molecular weight excluding hydrogens is 424 g/mol. The molecule has 9 nitrogen and oxygen atoms in total. The van der Waals surface area contributed by atoms with Gasteiger partial charge in [-0.2, -0.15) is 0 Å². The van der Waals surface area contributed by atoms with E-state index in [1.54, 1.807) is 0 Å². The minimum atomic E-state index is -1.64. The molecule has 0 radical (unpaired) electrons. The van der Waals surface area contributed by atoms with Crippen LogP contribution in [0.5, 0.6) is 5.88 Å². The standard InChI is InChI=1S/C21H23F2N5O4/c1-11-5-17-14(9-31-11)21(10-22,28-20(24)32-17)13-6-12(3-4-15(13)23)27-19(29)16-7-26-18(30-2)8-25-16/h3-4,6-8,11,14,17H,5,9-10H2,1-2H3,(H2,24,28)(H,27,29)/t11-,14+,17-,21-/m1/s1. The molecule has 0 aliphatic carbocycles. The van der Waals surface area contributed by atoms with Crippen LogP contribution in [0.15, 0.2) is 35.6 Å². The highest BCUT2D eigenvalue weighted by Gasteiger charge is 2.52. The number of nitrogens with one attached hydrogen (secondary N) is 1. The Hall–Kier alpha value is -3.34. The van der Waals surface area contributed by atoms with Gasteiger partial charge in [0.2, 0.25) is 5.88 Å². The van der Waals surface area contributed by atoms with Crippen molar-refractivity contribution in [3.05, 3.63) is 47.7 Å². The molecule has 3 N–H and O–H groups in total. The van der Waals surface area contributed by atoms with Gasteiger partial charge in [-0.1, -0.05) is 0 Å². The Morgan fingerprint density at radius 3 is 2.88 bits per heavy atom. The van der Waals surface area contributed by atoms with Gasteiger partial charge < -0.3 is 25.3 Å². The third-order valence-electron chi connectivity index (χ3n) is 5.73. The molecule has 0 saturated carbocycles. The van der Waals surface area contributed by atoms with Crippen LogP contribution in [0.3, 0.4) is 0 Å². The fourth-order valence-electron chi connectivity index (χ4n) is 4.10. The molecule has 0 unspecified atom stereocenters. The molecule has 2 aliphatic heterocycles. The van der Waals surface area contributed by atoms with Gasteiger partial charge in [0.15, 0.2) is 0 Å². The zero-order chi connectivity index (χ0) is 22.9. The zero-order valence-electron chi connectivity index (χ0n) is 17.5. The van der Waals surface area contributed by atoms with Crippen molar-refractivity contribution in [2.75, 3.05) is 25.7 Å². The summed E-state index contributed by atoms with van der Waals surface area (Å²) in [4.78, 5) is 24.6. The monoisotopic (exact) mass is 447 g/mol. The van der Waals surface area contributed by atoms with Gasteiger partial charge in [-0.15, -0.1) is 0 Å². The average Bonchev–Trinajstić information content (AvgIpc) is 2.79. The summed E-state index contributed by atoms with van der Waals surface area (Å²) in [6.45, 7) is 0.982. The Kier molecular flexibility index (Phi) is 5.92. The second kappa shape index (κ2) is 8.65. The van der Waals surface area contributed by atoms with E-state index < -0.39 is 36.0 Å². The first-order valence-electron chi connectivity index (χ1n) is 10.0. The molecule has 1 saturated heterocycles. The van der Waals surface area contributed by atoms with Crippen LogP contribution in [-0.4, -0.2) is 54.5 Å². The third kappa shape index (κ3) is 3.95. The summed E-state index contributed by atoms with van der Waals surface area (Å²) in [6, 6.07) is 3.65. The van der Waals surface area contributed by atoms with E-state index >= 15 is 0 Å². The number of hydrogen-bond acceptors (Lipinski definition) is 8. The number of aliphatic imine (C=N–C) groups is 1. The maximum Gasteiger partial charge on any atom is 0.283 e. The molecule has 0 bridgehead atoms. The average molecular weight is 447 g/mol. The van der Waals surface area contributed by atoms with Crippen LogP contribution in [0.2, 0.25) is 0 Å². The number of alkyl halides is 1. The molecule has 4 rings (SSSR count). The zero-order valence-corrected chi connectivity index (χ0v) is 17.5. The SMILES string of the molecule is COc1cnc(C(=O)Nc2ccc(F)c([C@@]3(CF)N=C(N)O[C@@H]4C[C@@H](C)OC[C@@H]43)c2)cn1. The number of rotatable bonds is 5. The number of benzene rings is 1. The number of methoxy groups -OCH3 is 1. The molecule has 32 heavy (non-hydrogen) atoms. The summed E-state index contributed by atoms with van der Waals surface area (Å²) >= 11 is 0. The fraction of sp³-hybridized carbons (Fsp3) is 0.429. The number of anilines is 1. The maximum absolute atomic E-state index is 15.0. The summed E-state index contributed by atoms with van der Waals surface area (Å²) in [5, 5.41) is 2.62. The smallest absolute Gasteiger partial charge is 0.283 e. The first kappa shape index (κ1) is 21.9. The number of carbonyl (C=O) groups is 1. The number of amides is 1. The lowest BCUT2D eigenvalue weighted by atomic mass is 9.73. The third-order valence-corrected chi connectivity index (χ3v) is 5.73. The van der Waals surface area contributed by atoms with E-state index in [1.807, 2.05) is 6.92 Å². The van der Waals surface area contributed by atoms with Crippen molar-refractivity contribution in [3.8, 4) is 5.88 Å². The largest absolute Gasteiger partial charge is 0.480 e. The Morgan fingerprint density at radius 2 is 2.19 bits per heavy atom. The fourth-order valence-corrected chi connectivity index (χ4v) is 4.10. The topological polar surface area (TPSA) is 121 Å². The van der Waals surface area contributed by atoms with Gasteiger partial charge in [0.1, 0.15) is 29.8 Å². The molecule has 3 heterocycles. The summed E-state index contributed by atoms with van der Waals surface area (Å²) < 4.78 is 45.8. The first-order valence-corrected chi connectivity index (χ1v) is 10.0.